The first-order valence-electron chi connectivity index (χ1n) is 5.37. The van der Waals surface area contributed by atoms with E-state index in [1.165, 1.54) is 21.6 Å². The van der Waals surface area contributed by atoms with Crippen LogP contribution in [0.3, 0.4) is 0 Å². The fourth-order valence-electron chi connectivity index (χ4n) is 1.85. The molecule has 0 saturated heterocycles. The second-order valence-electron chi connectivity index (χ2n) is 3.98. The average Bonchev–Trinajstić information content (AvgIpc) is 2.67. The van der Waals surface area contributed by atoms with Crippen LogP contribution in [-0.2, 0) is 6.54 Å². The van der Waals surface area contributed by atoms with E-state index in [4.69, 9.17) is 0 Å². The van der Waals surface area contributed by atoms with Gasteiger partial charge >= 0.3 is 0 Å². The van der Waals surface area contributed by atoms with E-state index >= 15 is 0 Å². The zero-order chi connectivity index (χ0) is 11.5. The maximum absolute atomic E-state index is 4.40. The van der Waals surface area contributed by atoms with Crippen LogP contribution in [0.2, 0.25) is 0 Å². The normalized spacial score (nSPS) is 10.7. The van der Waals surface area contributed by atoms with Crippen LogP contribution in [0.5, 0.6) is 0 Å². The van der Waals surface area contributed by atoms with Crippen molar-refractivity contribution in [2.75, 3.05) is 7.05 Å². The van der Waals surface area contributed by atoms with E-state index in [0.717, 1.165) is 12.2 Å². The van der Waals surface area contributed by atoms with E-state index in [0.29, 0.717) is 0 Å². The molecule has 3 heteroatoms. The van der Waals surface area contributed by atoms with E-state index in [-0.39, 0.29) is 0 Å². The predicted octanol–water partition coefficient (Wildman–Crippen LogP) is 3.15. The Kier molecular flexibility index (Phi) is 3.36. The molecule has 2 nitrogen and oxygen atoms in total. The van der Waals surface area contributed by atoms with E-state index in [9.17, 15) is 0 Å². The fourth-order valence-corrected chi connectivity index (χ4v) is 2.75. The van der Waals surface area contributed by atoms with Gasteiger partial charge in [0.25, 0.3) is 0 Å². The summed E-state index contributed by atoms with van der Waals surface area (Å²) in [7, 11) is 1.95. The van der Waals surface area contributed by atoms with Gasteiger partial charge < -0.3 is 5.32 Å². The quantitative estimate of drug-likeness (QED) is 0.879. The highest BCUT2D eigenvalue weighted by molar-refractivity contribution is 7.13. The fraction of sp³-hybridized carbons (Fsp3) is 0.308. The molecule has 16 heavy (non-hydrogen) atoms. The highest BCUT2D eigenvalue weighted by Crippen LogP contribution is 2.30. The van der Waals surface area contributed by atoms with E-state index in [1.807, 2.05) is 12.6 Å². The lowest BCUT2D eigenvalue weighted by molar-refractivity contribution is 0.799. The summed E-state index contributed by atoms with van der Waals surface area (Å²) >= 11 is 1.71. The largest absolute Gasteiger partial charge is 0.314 e. The Morgan fingerprint density at radius 2 is 2.12 bits per heavy atom. The van der Waals surface area contributed by atoms with Crippen LogP contribution in [0, 0.1) is 13.8 Å². The molecular weight excluding hydrogens is 216 g/mol. The summed E-state index contributed by atoms with van der Waals surface area (Å²) in [6, 6.07) is 6.57. The number of nitrogens with one attached hydrogen (secondary N) is 1. The first-order chi connectivity index (χ1) is 7.72. The Balaban J connectivity index is 2.46. The van der Waals surface area contributed by atoms with Gasteiger partial charge in [-0.05, 0) is 32.0 Å². The molecule has 1 heterocycles. The van der Waals surface area contributed by atoms with Crippen LogP contribution in [0.25, 0.3) is 10.4 Å². The second kappa shape index (κ2) is 4.76. The van der Waals surface area contributed by atoms with Crippen LogP contribution >= 0.6 is 11.3 Å². The van der Waals surface area contributed by atoms with Crippen molar-refractivity contribution >= 4 is 11.3 Å². The Hall–Kier alpha value is -1.19. The second-order valence-corrected chi connectivity index (χ2v) is 4.83. The maximum Gasteiger partial charge on any atom is 0.0802 e. The summed E-state index contributed by atoms with van der Waals surface area (Å²) in [5.74, 6) is 0. The highest BCUT2D eigenvalue weighted by atomic mass is 32.1. The van der Waals surface area contributed by atoms with Crippen LogP contribution in [0.1, 0.15) is 16.8 Å². The van der Waals surface area contributed by atoms with Gasteiger partial charge in [0.15, 0.2) is 0 Å². The number of nitrogens with zero attached hydrogens (tertiary/aromatic N) is 1. The molecule has 84 valence electrons. The van der Waals surface area contributed by atoms with Gasteiger partial charge in [-0.2, -0.15) is 0 Å². The molecule has 0 unspecified atom stereocenters. The van der Waals surface area contributed by atoms with Crippen LogP contribution in [0.4, 0.5) is 0 Å². The summed E-state index contributed by atoms with van der Waals surface area (Å²) in [4.78, 5) is 5.69. The number of aryl methyl sites for hydroxylation is 2. The molecule has 0 aliphatic rings. The number of aromatic nitrogens is 1. The highest BCUT2D eigenvalue weighted by Gasteiger charge is 2.09. The van der Waals surface area contributed by atoms with Gasteiger partial charge in [0.1, 0.15) is 0 Å². The number of rotatable bonds is 3. The summed E-state index contributed by atoms with van der Waals surface area (Å²) in [5, 5.41) is 3.16. The van der Waals surface area contributed by atoms with Gasteiger partial charge in [0, 0.05) is 6.54 Å². The van der Waals surface area contributed by atoms with Gasteiger partial charge in [0.05, 0.1) is 16.1 Å². The van der Waals surface area contributed by atoms with Crippen molar-refractivity contribution in [2.24, 2.45) is 0 Å². The van der Waals surface area contributed by atoms with E-state index in [1.54, 1.807) is 11.3 Å². The summed E-state index contributed by atoms with van der Waals surface area (Å²) < 4.78 is 0. The molecule has 0 amide bonds. The standard InChI is InChI=1S/C13H16N2S/c1-9-4-5-11(10(2)6-9)13-12(7-14-3)15-8-16-13/h4-6,8,14H,7H2,1-3H3. The summed E-state index contributed by atoms with van der Waals surface area (Å²) in [6.07, 6.45) is 0. The molecule has 0 aliphatic heterocycles. The third-order valence-corrected chi connectivity index (χ3v) is 3.51. The lowest BCUT2D eigenvalue weighted by atomic mass is 10.0. The molecule has 0 aliphatic carbocycles. The van der Waals surface area contributed by atoms with Gasteiger partial charge in [-0.15, -0.1) is 11.3 Å². The van der Waals surface area contributed by atoms with Crippen LogP contribution in [0.15, 0.2) is 23.7 Å². The van der Waals surface area contributed by atoms with Crippen molar-refractivity contribution in [1.82, 2.24) is 10.3 Å². The SMILES string of the molecule is CNCc1ncsc1-c1ccc(C)cc1C. The zero-order valence-electron chi connectivity index (χ0n) is 9.87. The van der Waals surface area contributed by atoms with Crippen molar-refractivity contribution in [1.29, 1.82) is 0 Å². The average molecular weight is 232 g/mol. The number of hydrogen-bond acceptors (Lipinski definition) is 3. The Morgan fingerprint density at radius 3 is 2.81 bits per heavy atom. The Bertz CT molecular complexity index is 488. The minimum absolute atomic E-state index is 0.826. The molecule has 0 bridgehead atoms. The molecule has 0 atom stereocenters. The molecule has 1 aromatic carbocycles. The molecule has 2 aromatic rings. The Morgan fingerprint density at radius 1 is 1.31 bits per heavy atom. The Labute approximate surface area is 100 Å². The number of thiazole rings is 1. The van der Waals surface area contributed by atoms with Crippen molar-refractivity contribution in [3.8, 4) is 10.4 Å². The van der Waals surface area contributed by atoms with Crippen LogP contribution < -0.4 is 5.32 Å². The van der Waals surface area contributed by atoms with Crippen molar-refractivity contribution in [3.63, 3.8) is 0 Å². The molecule has 2 rings (SSSR count). The molecule has 0 radical (unpaired) electrons. The number of hydrogen-bond donors (Lipinski definition) is 1. The van der Waals surface area contributed by atoms with Crippen molar-refractivity contribution in [2.45, 2.75) is 20.4 Å². The molecule has 1 aromatic heterocycles. The summed E-state index contributed by atoms with van der Waals surface area (Å²) in [6.45, 7) is 5.11. The maximum atomic E-state index is 4.40. The first-order valence-corrected chi connectivity index (χ1v) is 6.25. The molecular formula is C13H16N2S. The van der Waals surface area contributed by atoms with E-state index < -0.39 is 0 Å². The summed E-state index contributed by atoms with van der Waals surface area (Å²) in [5.41, 5.74) is 6.99. The molecule has 0 saturated carbocycles. The van der Waals surface area contributed by atoms with Crippen LogP contribution in [-0.4, -0.2) is 12.0 Å². The molecule has 0 fully saturated rings. The molecule has 0 spiro atoms. The lowest BCUT2D eigenvalue weighted by Gasteiger charge is -2.06. The minimum Gasteiger partial charge on any atom is -0.314 e. The first kappa shape index (κ1) is 11.3. The van der Waals surface area contributed by atoms with Crippen molar-refractivity contribution in [3.05, 3.63) is 40.5 Å². The number of benzene rings is 1. The third kappa shape index (κ3) is 2.15. The third-order valence-electron chi connectivity index (χ3n) is 2.61. The molecule has 1 N–H and O–H groups in total. The zero-order valence-corrected chi connectivity index (χ0v) is 10.7. The topological polar surface area (TPSA) is 24.9 Å². The van der Waals surface area contributed by atoms with E-state index in [2.05, 4.69) is 42.3 Å². The van der Waals surface area contributed by atoms with Gasteiger partial charge in [0.2, 0.25) is 0 Å². The minimum atomic E-state index is 0.826. The van der Waals surface area contributed by atoms with Gasteiger partial charge in [-0.1, -0.05) is 23.8 Å². The van der Waals surface area contributed by atoms with Gasteiger partial charge in [-0.3, -0.25) is 0 Å². The smallest absolute Gasteiger partial charge is 0.0802 e. The van der Waals surface area contributed by atoms with Gasteiger partial charge in [-0.25, -0.2) is 4.98 Å². The predicted molar refractivity (Wildman–Crippen MR) is 69.8 cm³/mol. The monoisotopic (exact) mass is 232 g/mol. The lowest BCUT2D eigenvalue weighted by Crippen LogP contribution is -2.06. The van der Waals surface area contributed by atoms with Crippen molar-refractivity contribution < 1.29 is 0 Å².